The van der Waals surface area contributed by atoms with Gasteiger partial charge >= 0.3 is 0 Å². The Labute approximate surface area is 297 Å². The lowest BCUT2D eigenvalue weighted by molar-refractivity contribution is -0.146. The Morgan fingerprint density at radius 2 is 1.56 bits per heavy atom. The van der Waals surface area contributed by atoms with E-state index in [1.165, 1.54) is 11.1 Å². The van der Waals surface area contributed by atoms with Crippen LogP contribution < -0.4 is 9.47 Å². The van der Waals surface area contributed by atoms with Crippen molar-refractivity contribution >= 4 is 30.7 Å². The highest BCUT2D eigenvalue weighted by molar-refractivity contribution is 5.85. The molecule has 4 fully saturated rings. The molecular weight excluding hydrogens is 649 g/mol. The van der Waals surface area contributed by atoms with Crippen molar-refractivity contribution in [3.63, 3.8) is 0 Å². The summed E-state index contributed by atoms with van der Waals surface area (Å²) in [5, 5.41) is 0. The lowest BCUT2D eigenvalue weighted by Crippen LogP contribution is -2.67. The second-order valence-corrected chi connectivity index (χ2v) is 13.6. The first kappa shape index (κ1) is 36.3. The van der Waals surface area contributed by atoms with Crippen LogP contribution in [0, 0.1) is 0 Å². The number of halogens is 2. The number of ether oxygens (including phenoxy) is 3. The van der Waals surface area contributed by atoms with E-state index in [0.717, 1.165) is 63.3 Å². The third-order valence-electron chi connectivity index (χ3n) is 9.90. The van der Waals surface area contributed by atoms with Crippen molar-refractivity contribution in [3.8, 4) is 11.8 Å². The van der Waals surface area contributed by atoms with Crippen LogP contribution >= 0.6 is 24.8 Å². The summed E-state index contributed by atoms with van der Waals surface area (Å²) in [6.07, 6.45) is 3.66. The number of aromatic nitrogens is 2. The number of benzene rings is 2. The minimum atomic E-state index is -0.300. The van der Waals surface area contributed by atoms with Crippen molar-refractivity contribution in [1.82, 2.24) is 24.7 Å². The molecule has 0 bridgehead atoms. The molecular formula is C37H49Cl2N5O4. The van der Waals surface area contributed by atoms with Gasteiger partial charge in [0.15, 0.2) is 0 Å². The van der Waals surface area contributed by atoms with E-state index in [1.54, 1.807) is 7.11 Å². The molecule has 11 heteroatoms. The van der Waals surface area contributed by atoms with Crippen LogP contribution in [0.25, 0.3) is 0 Å². The molecule has 1 aromatic heterocycles. The number of nitrogens with zero attached hydrogens (tertiary/aromatic N) is 5. The van der Waals surface area contributed by atoms with Gasteiger partial charge in [0, 0.05) is 69.8 Å². The molecule has 4 aliphatic rings. The van der Waals surface area contributed by atoms with E-state index < -0.39 is 0 Å². The Hall–Kier alpha value is -2.95. The summed E-state index contributed by atoms with van der Waals surface area (Å²) in [5.41, 5.74) is 3.50. The fraction of sp³-hybridized carbons (Fsp3) is 0.541. The molecule has 3 saturated heterocycles. The van der Waals surface area contributed by atoms with Crippen LogP contribution in [0.15, 0.2) is 60.7 Å². The third kappa shape index (κ3) is 7.92. The van der Waals surface area contributed by atoms with E-state index in [9.17, 15) is 4.79 Å². The van der Waals surface area contributed by atoms with Crippen molar-refractivity contribution < 1.29 is 19.0 Å². The number of hydrogen-bond acceptors (Lipinski definition) is 8. The van der Waals surface area contributed by atoms with Crippen molar-refractivity contribution in [3.05, 3.63) is 83.2 Å². The van der Waals surface area contributed by atoms with Crippen LogP contribution in [0.1, 0.15) is 73.9 Å². The summed E-state index contributed by atoms with van der Waals surface area (Å²) in [7, 11) is 1.69. The molecule has 3 aliphatic heterocycles. The van der Waals surface area contributed by atoms with Gasteiger partial charge in [0.25, 0.3) is 5.91 Å². The normalized spacial score (nSPS) is 22.9. The zero-order valence-corrected chi connectivity index (χ0v) is 29.8. The summed E-state index contributed by atoms with van der Waals surface area (Å²) in [6, 6.07) is 22.1. The monoisotopic (exact) mass is 697 g/mol. The third-order valence-corrected chi connectivity index (χ3v) is 9.90. The summed E-state index contributed by atoms with van der Waals surface area (Å²) in [6.45, 7) is 9.26. The Morgan fingerprint density at radius 3 is 2.15 bits per heavy atom. The molecule has 260 valence electrons. The lowest BCUT2D eigenvalue weighted by atomic mass is 9.81. The second kappa shape index (κ2) is 16.2. The molecule has 3 aromatic rings. The summed E-state index contributed by atoms with van der Waals surface area (Å²) in [4.78, 5) is 30.6. The second-order valence-electron chi connectivity index (χ2n) is 13.6. The number of carbonyl (C=O) groups is 1. The van der Waals surface area contributed by atoms with Gasteiger partial charge < -0.3 is 19.1 Å². The average molecular weight is 699 g/mol. The quantitative estimate of drug-likeness (QED) is 0.267. The van der Waals surface area contributed by atoms with Gasteiger partial charge in [-0.1, -0.05) is 60.7 Å². The molecule has 1 amide bonds. The standard InChI is InChI=1S/C37H47N5O4.2ClH/c1-25(2)46-36-30(35(44-3)38-34(39-36)28-16-17-28)23-40-21-29-22-41(37(43)32-15-10-20-45-32)18-19-42(29)31(24-40)33(26-11-6-4-7-12-26)27-13-8-5-9-14-27;;/h4-9,11-14,25,28-29,31-33H,10,15-24H2,1-3H3;2*1H/t29-,31+,32+;;/m1../s1. The fourth-order valence-corrected chi connectivity index (χ4v) is 7.60. The lowest BCUT2D eigenvalue weighted by Gasteiger charge is -2.53. The van der Waals surface area contributed by atoms with Crippen LogP contribution in [0.2, 0.25) is 0 Å². The highest BCUT2D eigenvalue weighted by Crippen LogP contribution is 2.42. The smallest absolute Gasteiger partial charge is 0.251 e. The Kier molecular flexibility index (Phi) is 12.2. The molecule has 9 nitrogen and oxygen atoms in total. The van der Waals surface area contributed by atoms with Gasteiger partial charge in [-0.25, -0.2) is 0 Å². The van der Waals surface area contributed by atoms with E-state index in [4.69, 9.17) is 24.2 Å². The molecule has 0 unspecified atom stereocenters. The number of amides is 1. The fourth-order valence-electron chi connectivity index (χ4n) is 7.60. The SMILES string of the molecule is COc1nc(C2CC2)nc(OC(C)C)c1CN1C[C@@H]2CN(C(=O)[C@@H]3CCCO3)CCN2[C@H](C(c2ccccc2)c2ccccc2)C1.Cl.Cl. The van der Waals surface area contributed by atoms with Crippen LogP contribution in [0.5, 0.6) is 11.8 Å². The minimum absolute atomic E-state index is 0. The van der Waals surface area contributed by atoms with Crippen LogP contribution in [-0.2, 0) is 16.1 Å². The summed E-state index contributed by atoms with van der Waals surface area (Å²) < 4.78 is 18.1. The molecule has 4 heterocycles. The van der Waals surface area contributed by atoms with E-state index in [2.05, 4.69) is 75.4 Å². The molecule has 7 rings (SSSR count). The highest BCUT2D eigenvalue weighted by Gasteiger charge is 2.44. The molecule has 3 atom stereocenters. The molecule has 1 saturated carbocycles. The maximum atomic E-state index is 13.5. The van der Waals surface area contributed by atoms with Gasteiger partial charge in [0.05, 0.1) is 18.8 Å². The van der Waals surface area contributed by atoms with E-state index >= 15 is 0 Å². The topological polar surface area (TPSA) is 80.3 Å². The largest absolute Gasteiger partial charge is 0.481 e. The first-order valence-corrected chi connectivity index (χ1v) is 17.1. The Bertz CT molecular complexity index is 1450. The molecule has 1 aliphatic carbocycles. The summed E-state index contributed by atoms with van der Waals surface area (Å²) >= 11 is 0. The van der Waals surface area contributed by atoms with E-state index in [0.29, 0.717) is 37.4 Å². The summed E-state index contributed by atoms with van der Waals surface area (Å²) in [5.74, 6) is 2.75. The van der Waals surface area contributed by atoms with Crippen molar-refractivity contribution in [1.29, 1.82) is 0 Å². The molecule has 2 aromatic carbocycles. The average Bonchev–Trinajstić information content (AvgIpc) is 3.79. The van der Waals surface area contributed by atoms with Gasteiger partial charge in [-0.3, -0.25) is 14.6 Å². The predicted octanol–water partition coefficient (Wildman–Crippen LogP) is 5.70. The number of fused-ring (bicyclic) bond motifs is 1. The number of piperazine rings is 2. The van der Waals surface area contributed by atoms with Crippen molar-refractivity contribution in [2.75, 3.05) is 46.4 Å². The zero-order chi connectivity index (χ0) is 31.6. The van der Waals surface area contributed by atoms with Crippen molar-refractivity contribution in [2.24, 2.45) is 0 Å². The Balaban J connectivity index is 0.00000225. The maximum absolute atomic E-state index is 13.5. The zero-order valence-electron chi connectivity index (χ0n) is 28.2. The predicted molar refractivity (Wildman–Crippen MR) is 191 cm³/mol. The van der Waals surface area contributed by atoms with Gasteiger partial charge in [-0.05, 0) is 50.7 Å². The van der Waals surface area contributed by atoms with Crippen LogP contribution in [-0.4, -0.2) is 101 Å². The van der Waals surface area contributed by atoms with E-state index in [1.807, 2.05) is 13.8 Å². The molecule has 0 spiro atoms. The first-order chi connectivity index (χ1) is 22.5. The van der Waals surface area contributed by atoms with Crippen molar-refractivity contribution in [2.45, 2.75) is 82.2 Å². The van der Waals surface area contributed by atoms with Gasteiger partial charge in [0.1, 0.15) is 11.9 Å². The molecule has 0 N–H and O–H groups in total. The minimum Gasteiger partial charge on any atom is -0.481 e. The van der Waals surface area contributed by atoms with Gasteiger partial charge in [-0.15, -0.1) is 24.8 Å². The van der Waals surface area contributed by atoms with Gasteiger partial charge in [0.2, 0.25) is 11.8 Å². The first-order valence-electron chi connectivity index (χ1n) is 17.1. The van der Waals surface area contributed by atoms with Crippen LogP contribution in [0.3, 0.4) is 0 Å². The van der Waals surface area contributed by atoms with Gasteiger partial charge in [-0.2, -0.15) is 9.97 Å². The molecule has 0 radical (unpaired) electrons. The Morgan fingerprint density at radius 1 is 0.896 bits per heavy atom. The van der Waals surface area contributed by atoms with Crippen LogP contribution in [0.4, 0.5) is 0 Å². The number of carbonyl (C=O) groups excluding carboxylic acids is 1. The number of hydrogen-bond donors (Lipinski definition) is 0. The highest BCUT2D eigenvalue weighted by atomic mass is 35.5. The maximum Gasteiger partial charge on any atom is 0.251 e. The number of methoxy groups -OCH3 is 1. The molecule has 48 heavy (non-hydrogen) atoms. The van der Waals surface area contributed by atoms with E-state index in [-0.39, 0.29) is 60.9 Å². The number of rotatable bonds is 10.